The molecule has 0 aromatic rings. The number of rotatable bonds is 4. The fourth-order valence-electron chi connectivity index (χ4n) is 2.29. The van der Waals surface area contributed by atoms with E-state index in [0.29, 0.717) is 38.5 Å². The van der Waals surface area contributed by atoms with Gasteiger partial charge in [0.2, 0.25) is 11.8 Å². The molecule has 2 amide bonds. The van der Waals surface area contributed by atoms with Gasteiger partial charge in [0.25, 0.3) is 0 Å². The first-order chi connectivity index (χ1) is 8.13. The lowest BCUT2D eigenvalue weighted by Crippen LogP contribution is -2.50. The summed E-state index contributed by atoms with van der Waals surface area (Å²) in [6.45, 7) is 0.439. The Morgan fingerprint density at radius 1 is 1.41 bits per heavy atom. The summed E-state index contributed by atoms with van der Waals surface area (Å²) < 4.78 is 0. The maximum atomic E-state index is 12.0. The van der Waals surface area contributed by atoms with Crippen molar-refractivity contribution >= 4 is 23.9 Å². The summed E-state index contributed by atoms with van der Waals surface area (Å²) in [6, 6.07) is -1.65. The predicted molar refractivity (Wildman–Crippen MR) is 57.0 cm³/mol. The molecule has 0 spiro atoms. The first kappa shape index (κ1) is 11.8. The number of hydrogen-bond donors (Lipinski definition) is 1. The fraction of sp³-hybridized carbons (Fsp3) is 0.636. The number of aldehydes is 1. The van der Waals surface area contributed by atoms with Crippen molar-refractivity contribution in [2.24, 2.45) is 0 Å². The van der Waals surface area contributed by atoms with Crippen molar-refractivity contribution in [3.05, 3.63) is 0 Å². The summed E-state index contributed by atoms with van der Waals surface area (Å²) in [5, 5.41) is 2.52. The van der Waals surface area contributed by atoms with E-state index < -0.39 is 12.1 Å². The van der Waals surface area contributed by atoms with E-state index in [4.69, 9.17) is 0 Å². The number of carbonyl (C=O) groups excluding carboxylic acids is 4. The van der Waals surface area contributed by atoms with Crippen molar-refractivity contribution in [3.8, 4) is 0 Å². The molecule has 2 aliphatic rings. The Labute approximate surface area is 98.3 Å². The standard InChI is InChI=1S/C11H14N2O4/c14-6-8(13-5-1-2-10(13)16)11(17)7-3-4-9(15)12-7/h6-8H,1-5H2,(H,12,15)/t7-,8?/m0/s1. The molecule has 0 aliphatic carbocycles. The molecule has 0 aromatic carbocycles. The van der Waals surface area contributed by atoms with Crippen LogP contribution in [0, 0.1) is 0 Å². The number of likely N-dealkylation sites (tertiary alicyclic amines) is 1. The fourth-order valence-corrected chi connectivity index (χ4v) is 2.29. The van der Waals surface area contributed by atoms with Gasteiger partial charge in [-0.15, -0.1) is 0 Å². The van der Waals surface area contributed by atoms with Gasteiger partial charge in [0.1, 0.15) is 12.3 Å². The van der Waals surface area contributed by atoms with Gasteiger partial charge in [0, 0.05) is 19.4 Å². The van der Waals surface area contributed by atoms with Crippen molar-refractivity contribution < 1.29 is 19.2 Å². The summed E-state index contributed by atoms with van der Waals surface area (Å²) in [6.07, 6.45) is 2.26. The number of hydrogen-bond acceptors (Lipinski definition) is 4. The minimum absolute atomic E-state index is 0.167. The first-order valence-corrected chi connectivity index (χ1v) is 5.71. The van der Waals surface area contributed by atoms with Crippen LogP contribution in [0.5, 0.6) is 0 Å². The highest BCUT2D eigenvalue weighted by molar-refractivity contribution is 6.05. The van der Waals surface area contributed by atoms with Gasteiger partial charge in [-0.1, -0.05) is 0 Å². The Kier molecular flexibility index (Phi) is 3.21. The van der Waals surface area contributed by atoms with E-state index in [1.165, 1.54) is 4.90 Å². The molecule has 0 saturated carbocycles. The van der Waals surface area contributed by atoms with Crippen LogP contribution in [0.2, 0.25) is 0 Å². The molecule has 0 aromatic heterocycles. The third-order valence-electron chi connectivity index (χ3n) is 3.20. The largest absolute Gasteiger partial charge is 0.346 e. The molecule has 0 bridgehead atoms. The molecule has 92 valence electrons. The van der Waals surface area contributed by atoms with Crippen LogP contribution in [0.1, 0.15) is 25.7 Å². The quantitative estimate of drug-likeness (QED) is 0.504. The molecule has 1 N–H and O–H groups in total. The van der Waals surface area contributed by atoms with Crippen LogP contribution < -0.4 is 5.32 Å². The van der Waals surface area contributed by atoms with E-state index in [2.05, 4.69) is 5.32 Å². The predicted octanol–water partition coefficient (Wildman–Crippen LogP) is -0.976. The molecule has 2 fully saturated rings. The summed E-state index contributed by atoms with van der Waals surface area (Å²) in [4.78, 5) is 46.8. The molecule has 2 atom stereocenters. The Balaban J connectivity index is 2.07. The van der Waals surface area contributed by atoms with Gasteiger partial charge in [-0.3, -0.25) is 14.4 Å². The van der Waals surface area contributed by atoms with Gasteiger partial charge in [0.15, 0.2) is 5.78 Å². The zero-order valence-electron chi connectivity index (χ0n) is 9.35. The average Bonchev–Trinajstić information content (AvgIpc) is 2.90. The molecule has 2 rings (SSSR count). The lowest BCUT2D eigenvalue weighted by molar-refractivity contribution is -0.140. The molecule has 0 radical (unpaired) electrons. The molecule has 1 unspecified atom stereocenters. The Morgan fingerprint density at radius 2 is 2.18 bits per heavy atom. The summed E-state index contributed by atoms with van der Waals surface area (Å²) >= 11 is 0. The molecular weight excluding hydrogens is 224 g/mol. The van der Waals surface area contributed by atoms with Crippen molar-refractivity contribution in [1.82, 2.24) is 10.2 Å². The second kappa shape index (κ2) is 4.65. The van der Waals surface area contributed by atoms with Crippen LogP contribution in [0.15, 0.2) is 0 Å². The summed E-state index contributed by atoms with van der Waals surface area (Å²) in [5.41, 5.74) is 0. The number of amides is 2. The van der Waals surface area contributed by atoms with Crippen LogP contribution in [0.4, 0.5) is 0 Å². The van der Waals surface area contributed by atoms with Gasteiger partial charge in [0.05, 0.1) is 6.04 Å². The van der Waals surface area contributed by atoms with E-state index >= 15 is 0 Å². The highest BCUT2D eigenvalue weighted by atomic mass is 16.2. The van der Waals surface area contributed by atoms with Crippen LogP contribution in [0.25, 0.3) is 0 Å². The number of nitrogens with one attached hydrogen (secondary N) is 1. The lowest BCUT2D eigenvalue weighted by Gasteiger charge is -2.24. The molecule has 17 heavy (non-hydrogen) atoms. The van der Waals surface area contributed by atoms with Gasteiger partial charge in [-0.25, -0.2) is 0 Å². The SMILES string of the molecule is O=CC(C(=O)[C@@H]1CCC(=O)N1)N1CCCC1=O. The van der Waals surface area contributed by atoms with Crippen LogP contribution >= 0.6 is 0 Å². The Bertz CT molecular complexity index is 380. The molecule has 6 heteroatoms. The van der Waals surface area contributed by atoms with Crippen LogP contribution in [-0.4, -0.2) is 47.4 Å². The van der Waals surface area contributed by atoms with Gasteiger partial charge < -0.3 is 15.0 Å². The lowest BCUT2D eigenvalue weighted by atomic mass is 10.0. The molecule has 2 saturated heterocycles. The average molecular weight is 238 g/mol. The maximum absolute atomic E-state index is 12.0. The minimum Gasteiger partial charge on any atom is -0.346 e. The molecule has 2 aliphatic heterocycles. The van der Waals surface area contributed by atoms with Gasteiger partial charge in [-0.05, 0) is 12.8 Å². The zero-order valence-corrected chi connectivity index (χ0v) is 9.35. The van der Waals surface area contributed by atoms with Crippen molar-refractivity contribution in [2.75, 3.05) is 6.54 Å². The van der Waals surface area contributed by atoms with Gasteiger partial charge >= 0.3 is 0 Å². The van der Waals surface area contributed by atoms with Crippen LogP contribution in [0.3, 0.4) is 0 Å². The van der Waals surface area contributed by atoms with E-state index in [9.17, 15) is 19.2 Å². The molecule has 2 heterocycles. The summed E-state index contributed by atoms with van der Waals surface area (Å²) in [5.74, 6) is -0.721. The van der Waals surface area contributed by atoms with Crippen molar-refractivity contribution in [2.45, 2.75) is 37.8 Å². The third kappa shape index (κ3) is 2.20. The topological polar surface area (TPSA) is 83.6 Å². The Hall–Kier alpha value is -1.72. The maximum Gasteiger partial charge on any atom is 0.223 e. The highest BCUT2D eigenvalue weighted by Crippen LogP contribution is 2.17. The minimum atomic E-state index is -1.03. The normalized spacial score (nSPS) is 25.9. The molecular formula is C11H14N2O4. The summed E-state index contributed by atoms with van der Waals surface area (Å²) in [7, 11) is 0. The van der Waals surface area contributed by atoms with E-state index in [1.807, 2.05) is 0 Å². The smallest absolute Gasteiger partial charge is 0.223 e. The Morgan fingerprint density at radius 3 is 2.65 bits per heavy atom. The first-order valence-electron chi connectivity index (χ1n) is 5.71. The van der Waals surface area contributed by atoms with Crippen molar-refractivity contribution in [1.29, 1.82) is 0 Å². The third-order valence-corrected chi connectivity index (χ3v) is 3.20. The highest BCUT2D eigenvalue weighted by Gasteiger charge is 2.38. The van der Waals surface area contributed by atoms with Gasteiger partial charge in [-0.2, -0.15) is 0 Å². The number of Topliss-reactive ketones (excluding diaryl/α,β-unsaturated/α-hetero) is 1. The van der Waals surface area contributed by atoms with E-state index in [0.717, 1.165) is 0 Å². The zero-order chi connectivity index (χ0) is 12.4. The second-order valence-electron chi connectivity index (χ2n) is 4.33. The molecule has 6 nitrogen and oxygen atoms in total. The van der Waals surface area contributed by atoms with Crippen LogP contribution in [-0.2, 0) is 19.2 Å². The monoisotopic (exact) mass is 238 g/mol. The number of nitrogens with zero attached hydrogens (tertiary/aromatic N) is 1. The number of ketones is 1. The second-order valence-corrected chi connectivity index (χ2v) is 4.33. The van der Waals surface area contributed by atoms with Crippen molar-refractivity contribution in [3.63, 3.8) is 0 Å². The van der Waals surface area contributed by atoms with E-state index in [1.54, 1.807) is 0 Å². The number of carbonyl (C=O) groups is 4. The van der Waals surface area contributed by atoms with E-state index in [-0.39, 0.29) is 17.6 Å².